The van der Waals surface area contributed by atoms with Gasteiger partial charge in [0.1, 0.15) is 5.82 Å². The number of hydrogen-bond acceptors (Lipinski definition) is 2. The van der Waals surface area contributed by atoms with Crippen molar-refractivity contribution < 1.29 is 19.1 Å². The molecule has 1 amide bonds. The van der Waals surface area contributed by atoms with Gasteiger partial charge >= 0.3 is 5.97 Å². The Bertz CT molecular complexity index is 553. The molecule has 4 nitrogen and oxygen atoms in total. The number of carbonyl (C=O) groups excluding carboxylic acids is 1. The number of hydrogen-bond donors (Lipinski definition) is 2. The number of aliphatic carboxylic acids is 1. The summed E-state index contributed by atoms with van der Waals surface area (Å²) in [5, 5.41) is 12.0. The minimum Gasteiger partial charge on any atom is -0.481 e. The van der Waals surface area contributed by atoms with Crippen LogP contribution in [0.4, 0.5) is 4.39 Å². The average Bonchev–Trinajstić information content (AvgIpc) is 2.47. The van der Waals surface area contributed by atoms with E-state index in [1.807, 2.05) is 6.08 Å². The number of amides is 1. The molecule has 0 saturated heterocycles. The molecule has 0 radical (unpaired) electrons. The van der Waals surface area contributed by atoms with Crippen LogP contribution in [0.1, 0.15) is 31.4 Å². The lowest BCUT2D eigenvalue weighted by molar-refractivity contribution is -0.147. The maximum Gasteiger partial charge on any atom is 0.307 e. The van der Waals surface area contributed by atoms with E-state index >= 15 is 0 Å². The zero-order chi connectivity index (χ0) is 15.4. The highest BCUT2D eigenvalue weighted by molar-refractivity contribution is 5.85. The van der Waals surface area contributed by atoms with Crippen LogP contribution in [0, 0.1) is 17.7 Å². The number of benzene rings is 1. The first-order valence-electron chi connectivity index (χ1n) is 6.92. The van der Waals surface area contributed by atoms with E-state index in [0.29, 0.717) is 12.8 Å². The van der Waals surface area contributed by atoms with E-state index in [4.69, 9.17) is 0 Å². The van der Waals surface area contributed by atoms with E-state index in [-0.39, 0.29) is 17.8 Å². The number of rotatable bonds is 4. The predicted molar refractivity (Wildman–Crippen MR) is 75.9 cm³/mol. The maximum atomic E-state index is 12.9. The molecule has 2 unspecified atom stereocenters. The fourth-order valence-corrected chi connectivity index (χ4v) is 2.53. The maximum absolute atomic E-state index is 12.9. The summed E-state index contributed by atoms with van der Waals surface area (Å²) < 4.78 is 12.9. The van der Waals surface area contributed by atoms with E-state index in [1.165, 1.54) is 12.1 Å². The highest BCUT2D eigenvalue weighted by Crippen LogP contribution is 2.27. The van der Waals surface area contributed by atoms with Gasteiger partial charge in [-0.1, -0.05) is 24.3 Å². The van der Waals surface area contributed by atoms with Crippen molar-refractivity contribution in [2.45, 2.75) is 25.8 Å². The number of carboxylic acids is 1. The van der Waals surface area contributed by atoms with Crippen LogP contribution < -0.4 is 5.32 Å². The quantitative estimate of drug-likeness (QED) is 0.838. The summed E-state index contributed by atoms with van der Waals surface area (Å²) in [5.74, 6) is -2.80. The fourth-order valence-electron chi connectivity index (χ4n) is 2.53. The van der Waals surface area contributed by atoms with Crippen LogP contribution in [0.25, 0.3) is 0 Å². The fraction of sp³-hybridized carbons (Fsp3) is 0.375. The Balaban J connectivity index is 2.04. The molecule has 2 rings (SSSR count). The van der Waals surface area contributed by atoms with Crippen molar-refractivity contribution in [3.05, 3.63) is 47.8 Å². The SMILES string of the molecule is C[C@@H](NC(=O)C1CC=CCC1C(=O)O)c1ccc(F)cc1. The predicted octanol–water partition coefficient (Wildman–Crippen LogP) is 2.67. The minimum atomic E-state index is -0.950. The van der Waals surface area contributed by atoms with Crippen molar-refractivity contribution >= 4 is 11.9 Å². The Morgan fingerprint density at radius 2 is 1.76 bits per heavy atom. The summed E-state index contributed by atoms with van der Waals surface area (Å²) in [6.07, 6.45) is 4.44. The molecule has 0 spiro atoms. The summed E-state index contributed by atoms with van der Waals surface area (Å²) in [4.78, 5) is 23.5. The molecular weight excluding hydrogens is 273 g/mol. The van der Waals surface area contributed by atoms with Gasteiger partial charge < -0.3 is 10.4 Å². The van der Waals surface area contributed by atoms with E-state index in [2.05, 4.69) is 5.32 Å². The largest absolute Gasteiger partial charge is 0.481 e. The molecule has 1 aliphatic carbocycles. The average molecular weight is 291 g/mol. The topological polar surface area (TPSA) is 66.4 Å². The van der Waals surface area contributed by atoms with Crippen molar-refractivity contribution in [1.82, 2.24) is 5.32 Å². The molecule has 1 aromatic carbocycles. The Morgan fingerprint density at radius 1 is 1.19 bits per heavy atom. The standard InChI is InChI=1S/C16H18FNO3/c1-10(11-6-8-12(17)9-7-11)18-15(19)13-4-2-3-5-14(13)16(20)21/h2-3,6-10,13-14H,4-5H2,1H3,(H,18,19)(H,20,21)/t10-,13?,14?/m1/s1. The molecule has 0 aromatic heterocycles. The van der Waals surface area contributed by atoms with Gasteiger partial charge in [0, 0.05) is 0 Å². The Morgan fingerprint density at radius 3 is 2.33 bits per heavy atom. The van der Waals surface area contributed by atoms with E-state index in [1.54, 1.807) is 25.1 Å². The van der Waals surface area contributed by atoms with Crippen LogP contribution in [-0.4, -0.2) is 17.0 Å². The zero-order valence-corrected chi connectivity index (χ0v) is 11.8. The Kier molecular flexibility index (Phi) is 4.73. The van der Waals surface area contributed by atoms with Gasteiger partial charge in [0.25, 0.3) is 0 Å². The minimum absolute atomic E-state index is 0.274. The van der Waals surface area contributed by atoms with Crippen LogP contribution in [0.2, 0.25) is 0 Å². The number of carboxylic acid groups (broad SMARTS) is 1. The third-order valence-corrected chi connectivity index (χ3v) is 3.82. The highest BCUT2D eigenvalue weighted by atomic mass is 19.1. The molecule has 0 bridgehead atoms. The normalized spacial score (nSPS) is 22.6. The lowest BCUT2D eigenvalue weighted by Crippen LogP contribution is -2.39. The number of halogens is 1. The number of nitrogens with one attached hydrogen (secondary N) is 1. The van der Waals surface area contributed by atoms with Crippen LogP contribution in [-0.2, 0) is 9.59 Å². The van der Waals surface area contributed by atoms with Crippen LogP contribution >= 0.6 is 0 Å². The van der Waals surface area contributed by atoms with Crippen molar-refractivity contribution in [2.24, 2.45) is 11.8 Å². The van der Waals surface area contributed by atoms with Crippen LogP contribution in [0.3, 0.4) is 0 Å². The monoisotopic (exact) mass is 291 g/mol. The third-order valence-electron chi connectivity index (χ3n) is 3.82. The van der Waals surface area contributed by atoms with Crippen molar-refractivity contribution in [3.63, 3.8) is 0 Å². The molecule has 21 heavy (non-hydrogen) atoms. The van der Waals surface area contributed by atoms with Gasteiger partial charge in [-0.2, -0.15) is 0 Å². The molecule has 112 valence electrons. The second-order valence-corrected chi connectivity index (χ2v) is 5.28. The first-order chi connectivity index (χ1) is 9.99. The molecule has 3 atom stereocenters. The summed E-state index contributed by atoms with van der Waals surface area (Å²) in [7, 11) is 0. The van der Waals surface area contributed by atoms with Crippen molar-refractivity contribution in [2.75, 3.05) is 0 Å². The van der Waals surface area contributed by atoms with Gasteiger partial charge in [-0.25, -0.2) is 4.39 Å². The van der Waals surface area contributed by atoms with E-state index < -0.39 is 17.8 Å². The summed E-state index contributed by atoms with van der Waals surface area (Å²) in [5.41, 5.74) is 0.781. The summed E-state index contributed by atoms with van der Waals surface area (Å²) in [6, 6.07) is 5.59. The molecule has 1 aromatic rings. The second kappa shape index (κ2) is 6.52. The molecule has 2 N–H and O–H groups in total. The summed E-state index contributed by atoms with van der Waals surface area (Å²) >= 11 is 0. The van der Waals surface area contributed by atoms with E-state index in [0.717, 1.165) is 5.56 Å². The number of allylic oxidation sites excluding steroid dienone is 2. The van der Waals surface area contributed by atoms with Crippen LogP contribution in [0.5, 0.6) is 0 Å². The first-order valence-corrected chi connectivity index (χ1v) is 6.92. The highest BCUT2D eigenvalue weighted by Gasteiger charge is 2.34. The molecule has 1 aliphatic rings. The molecule has 0 saturated carbocycles. The lowest BCUT2D eigenvalue weighted by Gasteiger charge is -2.26. The molecular formula is C16H18FNO3. The van der Waals surface area contributed by atoms with Crippen molar-refractivity contribution in [3.8, 4) is 0 Å². The molecule has 0 fully saturated rings. The van der Waals surface area contributed by atoms with Gasteiger partial charge in [0.2, 0.25) is 5.91 Å². The molecule has 0 aliphatic heterocycles. The van der Waals surface area contributed by atoms with Gasteiger partial charge in [-0.3, -0.25) is 9.59 Å². The van der Waals surface area contributed by atoms with Gasteiger partial charge in [-0.15, -0.1) is 0 Å². The van der Waals surface area contributed by atoms with Gasteiger partial charge in [0.05, 0.1) is 17.9 Å². The third kappa shape index (κ3) is 3.68. The van der Waals surface area contributed by atoms with Gasteiger partial charge in [-0.05, 0) is 37.5 Å². The second-order valence-electron chi connectivity index (χ2n) is 5.28. The zero-order valence-electron chi connectivity index (χ0n) is 11.8. The van der Waals surface area contributed by atoms with Crippen molar-refractivity contribution in [1.29, 1.82) is 0 Å². The van der Waals surface area contributed by atoms with Crippen LogP contribution in [0.15, 0.2) is 36.4 Å². The first kappa shape index (κ1) is 15.2. The number of carbonyl (C=O) groups is 2. The van der Waals surface area contributed by atoms with Gasteiger partial charge in [0.15, 0.2) is 0 Å². The molecule has 0 heterocycles. The summed E-state index contributed by atoms with van der Waals surface area (Å²) in [6.45, 7) is 1.79. The molecule has 5 heteroatoms. The lowest BCUT2D eigenvalue weighted by atomic mass is 9.82. The Labute approximate surface area is 122 Å². The smallest absolute Gasteiger partial charge is 0.307 e. The Hall–Kier alpha value is -2.17. The van der Waals surface area contributed by atoms with E-state index in [9.17, 15) is 19.1 Å².